The van der Waals surface area contributed by atoms with Crippen LogP contribution in [0.5, 0.6) is 11.6 Å². The first-order valence-corrected chi connectivity index (χ1v) is 9.26. The third kappa shape index (κ3) is 2.75. The molecular weight excluding hydrogens is 340 g/mol. The van der Waals surface area contributed by atoms with Crippen LogP contribution in [-0.4, -0.2) is 38.2 Å². The molecule has 0 radical (unpaired) electrons. The predicted octanol–water partition coefficient (Wildman–Crippen LogP) is 3.99. The fourth-order valence-electron chi connectivity index (χ4n) is 3.72. The van der Waals surface area contributed by atoms with Crippen molar-refractivity contribution in [3.05, 3.63) is 42.5 Å². The van der Waals surface area contributed by atoms with Gasteiger partial charge in [0.2, 0.25) is 5.88 Å². The van der Waals surface area contributed by atoms with Gasteiger partial charge in [-0.3, -0.25) is 5.10 Å². The highest BCUT2D eigenvalue weighted by Crippen LogP contribution is 2.35. The van der Waals surface area contributed by atoms with Gasteiger partial charge in [0.25, 0.3) is 0 Å². The molecule has 5 rings (SSSR count). The molecular formula is C20H20N6O. The van der Waals surface area contributed by atoms with E-state index in [9.17, 15) is 0 Å². The van der Waals surface area contributed by atoms with Gasteiger partial charge in [0.05, 0.1) is 17.1 Å². The maximum Gasteiger partial charge on any atom is 0.246 e. The summed E-state index contributed by atoms with van der Waals surface area (Å²) >= 11 is 0. The Morgan fingerprint density at radius 2 is 1.89 bits per heavy atom. The number of rotatable bonds is 3. The van der Waals surface area contributed by atoms with Crippen LogP contribution in [0.1, 0.15) is 24.8 Å². The van der Waals surface area contributed by atoms with Crippen molar-refractivity contribution in [1.82, 2.24) is 25.1 Å². The minimum Gasteiger partial charge on any atom is -0.436 e. The zero-order chi connectivity index (χ0) is 18.2. The lowest BCUT2D eigenvalue weighted by atomic mass is 10.1. The van der Waals surface area contributed by atoms with Gasteiger partial charge in [-0.15, -0.1) is 0 Å². The number of anilines is 1. The molecule has 0 bridgehead atoms. The topological polar surface area (TPSA) is 79.8 Å². The summed E-state index contributed by atoms with van der Waals surface area (Å²) in [6.45, 7) is 4.07. The SMILES string of the molecule is Cc1ccc2[nH]ncc2c1Oc1nccc2c(N3CCCCC3)ncnc12. The van der Waals surface area contributed by atoms with Crippen LogP contribution < -0.4 is 9.64 Å². The number of ether oxygens (including phenoxy) is 1. The molecule has 7 nitrogen and oxygen atoms in total. The normalized spacial score (nSPS) is 14.8. The zero-order valence-corrected chi connectivity index (χ0v) is 15.1. The molecule has 27 heavy (non-hydrogen) atoms. The molecule has 1 fully saturated rings. The Morgan fingerprint density at radius 3 is 2.78 bits per heavy atom. The van der Waals surface area contributed by atoms with E-state index in [1.165, 1.54) is 19.3 Å². The number of hydrogen-bond donors (Lipinski definition) is 1. The van der Waals surface area contributed by atoms with Crippen molar-refractivity contribution in [2.75, 3.05) is 18.0 Å². The van der Waals surface area contributed by atoms with Gasteiger partial charge in [-0.25, -0.2) is 15.0 Å². The second-order valence-electron chi connectivity index (χ2n) is 6.90. The van der Waals surface area contributed by atoms with Crippen LogP contribution in [-0.2, 0) is 0 Å². The second kappa shape index (κ2) is 6.50. The van der Waals surface area contributed by atoms with E-state index in [2.05, 4.69) is 30.0 Å². The Balaban J connectivity index is 1.61. The Bertz CT molecular complexity index is 1120. The van der Waals surface area contributed by atoms with Crippen molar-refractivity contribution in [1.29, 1.82) is 0 Å². The highest BCUT2D eigenvalue weighted by molar-refractivity contribution is 5.93. The monoisotopic (exact) mass is 360 g/mol. The number of aryl methyl sites for hydroxylation is 1. The summed E-state index contributed by atoms with van der Waals surface area (Å²) in [6, 6.07) is 5.98. The van der Waals surface area contributed by atoms with Gasteiger partial charge in [0, 0.05) is 24.7 Å². The minimum absolute atomic E-state index is 0.491. The summed E-state index contributed by atoms with van der Waals surface area (Å²) in [5.41, 5.74) is 2.68. The van der Waals surface area contributed by atoms with Crippen LogP contribution in [0.4, 0.5) is 5.82 Å². The highest BCUT2D eigenvalue weighted by Gasteiger charge is 2.18. The van der Waals surface area contributed by atoms with Crippen LogP contribution in [0.15, 0.2) is 36.9 Å². The molecule has 0 amide bonds. The molecule has 0 aliphatic carbocycles. The fourth-order valence-corrected chi connectivity index (χ4v) is 3.72. The first-order chi connectivity index (χ1) is 13.3. The molecule has 1 saturated heterocycles. The van der Waals surface area contributed by atoms with Crippen LogP contribution in [0.25, 0.3) is 21.8 Å². The van der Waals surface area contributed by atoms with Gasteiger partial charge in [-0.1, -0.05) is 6.07 Å². The number of benzene rings is 1. The number of aromatic nitrogens is 5. The lowest BCUT2D eigenvalue weighted by Crippen LogP contribution is -2.30. The van der Waals surface area contributed by atoms with Crippen molar-refractivity contribution < 1.29 is 4.74 Å². The van der Waals surface area contributed by atoms with E-state index in [1.54, 1.807) is 18.7 Å². The summed E-state index contributed by atoms with van der Waals surface area (Å²) in [5, 5.41) is 9.01. The van der Waals surface area contributed by atoms with Gasteiger partial charge in [0.15, 0.2) is 0 Å². The average molecular weight is 360 g/mol. The Morgan fingerprint density at radius 1 is 1.00 bits per heavy atom. The molecule has 136 valence electrons. The highest BCUT2D eigenvalue weighted by atomic mass is 16.5. The summed E-state index contributed by atoms with van der Waals surface area (Å²) in [6.07, 6.45) is 8.81. The molecule has 4 aromatic rings. The van der Waals surface area contributed by atoms with Gasteiger partial charge in [0.1, 0.15) is 23.4 Å². The van der Waals surface area contributed by atoms with Crippen LogP contribution >= 0.6 is 0 Å². The van der Waals surface area contributed by atoms with Gasteiger partial charge in [-0.05, 0) is 43.9 Å². The Labute approximate surface area is 156 Å². The maximum atomic E-state index is 6.26. The first-order valence-electron chi connectivity index (χ1n) is 9.26. The molecule has 1 aromatic carbocycles. The smallest absolute Gasteiger partial charge is 0.246 e. The zero-order valence-electron chi connectivity index (χ0n) is 15.1. The van der Waals surface area contributed by atoms with E-state index in [0.717, 1.165) is 52.0 Å². The molecule has 7 heteroatoms. The number of hydrogen-bond acceptors (Lipinski definition) is 6. The molecule has 0 unspecified atom stereocenters. The lowest BCUT2D eigenvalue weighted by Gasteiger charge is -2.28. The molecule has 1 aliphatic heterocycles. The molecule has 1 N–H and O–H groups in total. The van der Waals surface area contributed by atoms with Crippen molar-refractivity contribution in [2.24, 2.45) is 0 Å². The van der Waals surface area contributed by atoms with Gasteiger partial charge >= 0.3 is 0 Å². The number of H-pyrrole nitrogens is 1. The van der Waals surface area contributed by atoms with Crippen molar-refractivity contribution in [3.8, 4) is 11.6 Å². The number of pyridine rings is 1. The lowest BCUT2D eigenvalue weighted by molar-refractivity contribution is 0.470. The number of aromatic amines is 1. The molecule has 0 atom stereocenters. The third-order valence-corrected chi connectivity index (χ3v) is 5.12. The first kappa shape index (κ1) is 16.0. The van der Waals surface area contributed by atoms with E-state index in [0.29, 0.717) is 5.88 Å². The molecule has 3 aromatic heterocycles. The predicted molar refractivity (Wildman–Crippen MR) is 104 cm³/mol. The maximum absolute atomic E-state index is 6.26. The standard InChI is InChI=1S/C20H20N6O/c1-13-5-6-16-15(11-24-25-16)18(13)27-20-17-14(7-8-21-20)19(23-12-22-17)26-9-3-2-4-10-26/h5-8,11-12H,2-4,9-10H2,1H3,(H,24,25). The summed E-state index contributed by atoms with van der Waals surface area (Å²) in [5.74, 6) is 2.20. The van der Waals surface area contributed by atoms with E-state index in [1.807, 2.05) is 25.1 Å². The van der Waals surface area contributed by atoms with E-state index in [-0.39, 0.29) is 0 Å². The van der Waals surface area contributed by atoms with Crippen LogP contribution in [0.2, 0.25) is 0 Å². The quantitative estimate of drug-likeness (QED) is 0.595. The van der Waals surface area contributed by atoms with Crippen LogP contribution in [0.3, 0.4) is 0 Å². The number of nitrogens with one attached hydrogen (secondary N) is 1. The van der Waals surface area contributed by atoms with Gasteiger partial charge < -0.3 is 9.64 Å². The molecule has 0 saturated carbocycles. The number of piperidine rings is 1. The fraction of sp³-hybridized carbons (Fsp3) is 0.300. The van der Waals surface area contributed by atoms with E-state index in [4.69, 9.17) is 4.74 Å². The summed E-state index contributed by atoms with van der Waals surface area (Å²) in [4.78, 5) is 15.8. The average Bonchev–Trinajstić information content (AvgIpc) is 3.19. The Kier molecular flexibility index (Phi) is 3.85. The number of nitrogens with zero attached hydrogens (tertiary/aromatic N) is 5. The molecule has 1 aliphatic rings. The van der Waals surface area contributed by atoms with Crippen molar-refractivity contribution >= 4 is 27.6 Å². The molecule has 0 spiro atoms. The third-order valence-electron chi connectivity index (χ3n) is 5.12. The largest absolute Gasteiger partial charge is 0.436 e. The van der Waals surface area contributed by atoms with E-state index < -0.39 is 0 Å². The van der Waals surface area contributed by atoms with Crippen molar-refractivity contribution in [3.63, 3.8) is 0 Å². The van der Waals surface area contributed by atoms with Crippen molar-refractivity contribution in [2.45, 2.75) is 26.2 Å². The number of fused-ring (bicyclic) bond motifs is 2. The van der Waals surface area contributed by atoms with Crippen LogP contribution in [0, 0.1) is 6.92 Å². The minimum atomic E-state index is 0.491. The van der Waals surface area contributed by atoms with E-state index >= 15 is 0 Å². The van der Waals surface area contributed by atoms with Gasteiger partial charge in [-0.2, -0.15) is 5.10 Å². The second-order valence-corrected chi connectivity index (χ2v) is 6.90. The summed E-state index contributed by atoms with van der Waals surface area (Å²) in [7, 11) is 0. The molecule has 4 heterocycles. The Hall–Kier alpha value is -3.22. The summed E-state index contributed by atoms with van der Waals surface area (Å²) < 4.78 is 6.26.